The Bertz CT molecular complexity index is 885. The summed E-state index contributed by atoms with van der Waals surface area (Å²) in [5, 5.41) is 17.7. The van der Waals surface area contributed by atoms with E-state index in [2.05, 4.69) is 22.8 Å². The minimum absolute atomic E-state index is 0.159. The summed E-state index contributed by atoms with van der Waals surface area (Å²) in [5.74, 6) is 0.520. The molecule has 0 amide bonds. The van der Waals surface area contributed by atoms with Gasteiger partial charge in [0.1, 0.15) is 18.2 Å². The minimum atomic E-state index is -0.252. The third-order valence-electron chi connectivity index (χ3n) is 4.64. The lowest BCUT2D eigenvalue weighted by atomic mass is 10.0. The Morgan fingerprint density at radius 3 is 2.50 bits per heavy atom. The van der Waals surface area contributed by atoms with Gasteiger partial charge in [-0.15, -0.1) is 0 Å². The van der Waals surface area contributed by atoms with Crippen LogP contribution in [0.25, 0.3) is 10.8 Å². The first-order valence-corrected chi connectivity index (χ1v) is 9.68. The zero-order chi connectivity index (χ0) is 19.6. The van der Waals surface area contributed by atoms with Gasteiger partial charge in [0, 0.05) is 24.2 Å². The highest BCUT2D eigenvalue weighted by molar-refractivity contribution is 5.87. The van der Waals surface area contributed by atoms with Crippen molar-refractivity contribution in [1.29, 1.82) is 0 Å². The second-order valence-corrected chi connectivity index (χ2v) is 6.65. The van der Waals surface area contributed by atoms with E-state index < -0.39 is 0 Å². The fraction of sp³-hybridized carbons (Fsp3) is 0.304. The summed E-state index contributed by atoms with van der Waals surface area (Å²) >= 11 is 0. The van der Waals surface area contributed by atoms with Crippen LogP contribution in [-0.4, -0.2) is 31.3 Å². The Hall–Kier alpha value is -2.47. The number of halogens is 1. The summed E-state index contributed by atoms with van der Waals surface area (Å²) in [6.45, 7) is 3.37. The molecule has 4 nitrogen and oxygen atoms in total. The van der Waals surface area contributed by atoms with Crippen LogP contribution in [0, 0.1) is 5.82 Å². The fourth-order valence-electron chi connectivity index (χ4n) is 3.16. The Kier molecular flexibility index (Phi) is 7.79. The summed E-state index contributed by atoms with van der Waals surface area (Å²) in [4.78, 5) is 0. The number of fused-ring (bicyclic) bond motifs is 1. The molecule has 0 heterocycles. The van der Waals surface area contributed by atoms with Crippen LogP contribution in [0.3, 0.4) is 0 Å². The van der Waals surface area contributed by atoms with E-state index in [1.165, 1.54) is 6.07 Å². The van der Waals surface area contributed by atoms with Crippen molar-refractivity contribution < 1.29 is 14.2 Å². The van der Waals surface area contributed by atoms with Gasteiger partial charge in [-0.25, -0.2) is 4.39 Å². The van der Waals surface area contributed by atoms with Crippen LogP contribution in [0.1, 0.15) is 17.5 Å². The number of rotatable bonds is 11. The third kappa shape index (κ3) is 5.52. The van der Waals surface area contributed by atoms with E-state index in [4.69, 9.17) is 9.84 Å². The molecule has 0 aromatic heterocycles. The molecule has 3 aromatic rings. The summed E-state index contributed by atoms with van der Waals surface area (Å²) in [5.41, 5.74) is 1.63. The number of aliphatic hydroxyl groups is 1. The summed E-state index contributed by atoms with van der Waals surface area (Å²) < 4.78 is 19.9. The van der Waals surface area contributed by atoms with Crippen molar-refractivity contribution in [3.05, 3.63) is 77.6 Å². The molecule has 0 atom stereocenters. The van der Waals surface area contributed by atoms with E-state index in [9.17, 15) is 4.39 Å². The molecule has 0 saturated carbocycles. The van der Waals surface area contributed by atoms with Gasteiger partial charge in [0.25, 0.3) is 0 Å². The van der Waals surface area contributed by atoms with E-state index in [-0.39, 0.29) is 19.0 Å². The first kappa shape index (κ1) is 20.3. The van der Waals surface area contributed by atoms with Crippen molar-refractivity contribution in [2.24, 2.45) is 0 Å². The molecule has 148 valence electrons. The van der Waals surface area contributed by atoms with Gasteiger partial charge in [0.15, 0.2) is 0 Å². The monoisotopic (exact) mass is 382 g/mol. The fourth-order valence-corrected chi connectivity index (χ4v) is 3.16. The Balaban J connectivity index is 1.69. The van der Waals surface area contributed by atoms with Crippen LogP contribution in [0.4, 0.5) is 4.39 Å². The maximum atomic E-state index is 13.9. The molecule has 0 saturated heterocycles. The predicted octanol–water partition coefficient (Wildman–Crippen LogP) is 3.62. The van der Waals surface area contributed by atoms with Crippen molar-refractivity contribution in [3.8, 4) is 5.75 Å². The first-order valence-electron chi connectivity index (χ1n) is 9.68. The van der Waals surface area contributed by atoms with Crippen molar-refractivity contribution in [2.45, 2.75) is 19.6 Å². The van der Waals surface area contributed by atoms with E-state index in [1.54, 1.807) is 12.1 Å². The molecule has 5 heteroatoms. The third-order valence-corrected chi connectivity index (χ3v) is 4.64. The molecule has 0 fully saturated rings. The second kappa shape index (κ2) is 10.8. The molecule has 0 aliphatic heterocycles. The minimum Gasteiger partial charge on any atom is -0.488 e. The van der Waals surface area contributed by atoms with Gasteiger partial charge in [-0.05, 0) is 42.4 Å². The van der Waals surface area contributed by atoms with Crippen LogP contribution >= 0.6 is 0 Å². The van der Waals surface area contributed by atoms with Gasteiger partial charge in [0.05, 0.1) is 6.61 Å². The van der Waals surface area contributed by atoms with Crippen molar-refractivity contribution >= 4 is 10.8 Å². The van der Waals surface area contributed by atoms with Gasteiger partial charge in [-0.3, -0.25) is 0 Å². The molecule has 0 unspecified atom stereocenters. The van der Waals surface area contributed by atoms with Gasteiger partial charge in [-0.1, -0.05) is 48.5 Å². The maximum Gasteiger partial charge on any atom is 0.129 e. The maximum absolute atomic E-state index is 13.9. The van der Waals surface area contributed by atoms with Crippen LogP contribution in [0.2, 0.25) is 0 Å². The SMILES string of the molecule is OCCNCCCNCc1c(OCc2ccccc2F)ccc2ccccc12. The molecule has 0 bridgehead atoms. The van der Waals surface area contributed by atoms with E-state index in [0.717, 1.165) is 41.6 Å². The smallest absolute Gasteiger partial charge is 0.129 e. The molecule has 0 radical (unpaired) electrons. The standard InChI is InChI=1S/C23H27FN2O2/c24-22-9-4-2-7-19(22)17-28-23-11-10-18-6-1-3-8-20(18)21(23)16-26-13-5-12-25-14-15-27/h1-4,6-11,25-27H,5,12-17H2. The largest absolute Gasteiger partial charge is 0.488 e. The lowest BCUT2D eigenvalue weighted by Gasteiger charge is -2.15. The molecular weight excluding hydrogens is 355 g/mol. The van der Waals surface area contributed by atoms with E-state index >= 15 is 0 Å². The lowest BCUT2D eigenvalue weighted by molar-refractivity contribution is 0.292. The molecule has 3 N–H and O–H groups in total. The van der Waals surface area contributed by atoms with Crippen molar-refractivity contribution in [3.63, 3.8) is 0 Å². The predicted molar refractivity (Wildman–Crippen MR) is 111 cm³/mol. The quantitative estimate of drug-likeness (QED) is 0.444. The highest BCUT2D eigenvalue weighted by Gasteiger charge is 2.10. The van der Waals surface area contributed by atoms with E-state index in [1.807, 2.05) is 30.3 Å². The zero-order valence-electron chi connectivity index (χ0n) is 16.0. The highest BCUT2D eigenvalue weighted by atomic mass is 19.1. The molecule has 3 aromatic carbocycles. The number of benzene rings is 3. The normalized spacial score (nSPS) is 11.1. The van der Waals surface area contributed by atoms with Crippen LogP contribution < -0.4 is 15.4 Å². The zero-order valence-corrected chi connectivity index (χ0v) is 16.0. The van der Waals surface area contributed by atoms with Crippen molar-refractivity contribution in [1.82, 2.24) is 10.6 Å². The number of nitrogens with one attached hydrogen (secondary N) is 2. The Labute approximate surface area is 165 Å². The number of hydrogen-bond acceptors (Lipinski definition) is 4. The summed E-state index contributed by atoms with van der Waals surface area (Å²) in [6, 6.07) is 18.9. The van der Waals surface area contributed by atoms with Crippen molar-refractivity contribution in [2.75, 3.05) is 26.2 Å². The van der Waals surface area contributed by atoms with Gasteiger partial charge in [0.2, 0.25) is 0 Å². The van der Waals surface area contributed by atoms with Crippen LogP contribution in [0.5, 0.6) is 5.75 Å². The molecule has 0 aliphatic carbocycles. The number of aliphatic hydroxyl groups excluding tert-OH is 1. The first-order chi connectivity index (χ1) is 13.8. The Morgan fingerprint density at radius 1 is 0.857 bits per heavy atom. The van der Waals surface area contributed by atoms with Gasteiger partial charge < -0.3 is 20.5 Å². The van der Waals surface area contributed by atoms with E-state index in [0.29, 0.717) is 18.7 Å². The number of hydrogen-bond donors (Lipinski definition) is 3. The highest BCUT2D eigenvalue weighted by Crippen LogP contribution is 2.29. The Morgan fingerprint density at radius 2 is 1.64 bits per heavy atom. The van der Waals surface area contributed by atoms with Crippen LogP contribution in [-0.2, 0) is 13.2 Å². The topological polar surface area (TPSA) is 53.5 Å². The van der Waals surface area contributed by atoms with Crippen LogP contribution in [0.15, 0.2) is 60.7 Å². The molecule has 0 spiro atoms. The summed E-state index contributed by atoms with van der Waals surface area (Å²) in [7, 11) is 0. The average Bonchev–Trinajstić information content (AvgIpc) is 2.73. The molecule has 3 rings (SSSR count). The molecular formula is C23H27FN2O2. The van der Waals surface area contributed by atoms with Gasteiger partial charge in [-0.2, -0.15) is 0 Å². The average molecular weight is 382 g/mol. The summed E-state index contributed by atoms with van der Waals surface area (Å²) in [6.07, 6.45) is 0.968. The van der Waals surface area contributed by atoms with Gasteiger partial charge >= 0.3 is 0 Å². The second-order valence-electron chi connectivity index (χ2n) is 6.65. The number of ether oxygens (including phenoxy) is 1. The molecule has 28 heavy (non-hydrogen) atoms. The molecule has 0 aliphatic rings. The lowest BCUT2D eigenvalue weighted by Crippen LogP contribution is -2.24.